The van der Waals surface area contributed by atoms with Crippen LogP contribution in [0.25, 0.3) is 6.08 Å². The molecule has 222 valence electrons. The van der Waals surface area contributed by atoms with Crippen molar-refractivity contribution in [2.75, 3.05) is 11.5 Å². The van der Waals surface area contributed by atoms with Crippen molar-refractivity contribution in [3.8, 4) is 5.75 Å². The molecule has 5 rings (SSSR count). The molecule has 2 aliphatic rings. The number of nitrogens with zero attached hydrogens (tertiary/aromatic N) is 3. The van der Waals surface area contributed by atoms with Gasteiger partial charge in [-0.3, -0.25) is 23.9 Å². The van der Waals surface area contributed by atoms with Crippen molar-refractivity contribution >= 4 is 69.8 Å². The third kappa shape index (κ3) is 5.77. The van der Waals surface area contributed by atoms with Crippen molar-refractivity contribution in [2.45, 2.75) is 39.8 Å². The number of thiazole rings is 1. The van der Waals surface area contributed by atoms with Crippen LogP contribution in [0.3, 0.4) is 0 Å². The predicted octanol–water partition coefficient (Wildman–Crippen LogP) is 3.25. The van der Waals surface area contributed by atoms with Crippen molar-refractivity contribution in [3.05, 3.63) is 90.1 Å². The maximum Gasteiger partial charge on any atom is 0.338 e. The van der Waals surface area contributed by atoms with Crippen LogP contribution in [0.2, 0.25) is 5.02 Å². The third-order valence-corrected chi connectivity index (χ3v) is 8.24. The minimum atomic E-state index is -1.36. The number of allylic oxidation sites excluding steroid dienone is 1. The van der Waals surface area contributed by atoms with Gasteiger partial charge in [0.25, 0.3) is 5.56 Å². The SMILES string of the molecule is CCOC(=O)C1=C(C)N=c2s/c(=C/[C@H]3C(=O)NC(=S)N(c4ccc(Cl)cc4)C3=O)c(=O)n2[C@@H]1c1ccccc1OC(C)C. The van der Waals surface area contributed by atoms with Gasteiger partial charge in [0.05, 0.1) is 34.2 Å². The van der Waals surface area contributed by atoms with E-state index < -0.39 is 35.3 Å². The fourth-order valence-electron chi connectivity index (χ4n) is 4.89. The lowest BCUT2D eigenvalue weighted by molar-refractivity contribution is -0.139. The Hall–Kier alpha value is -4.13. The minimum absolute atomic E-state index is 0.0834. The van der Waals surface area contributed by atoms with E-state index in [1.165, 1.54) is 15.5 Å². The van der Waals surface area contributed by atoms with Gasteiger partial charge in [-0.15, -0.1) is 0 Å². The molecule has 0 aliphatic carbocycles. The smallest absolute Gasteiger partial charge is 0.338 e. The van der Waals surface area contributed by atoms with E-state index in [1.54, 1.807) is 62.4 Å². The standard InChI is InChI=1S/C30H27ClN4O6S2/c1-5-40-28(39)23-16(4)32-30-35(24(23)19-8-6-7-9-21(19)41-15(2)3)27(38)22(43-30)14-20-25(36)33-29(42)34(26(20)37)18-12-10-17(31)11-13-18/h6-15,20,24H,5H2,1-4H3,(H,33,36,42)/b22-14+/t20-,24+/m0/s1. The van der Waals surface area contributed by atoms with Crippen molar-refractivity contribution in [1.29, 1.82) is 0 Å². The van der Waals surface area contributed by atoms with E-state index in [0.717, 1.165) is 11.3 Å². The number of amides is 2. The molecule has 2 aliphatic heterocycles. The highest BCUT2D eigenvalue weighted by Crippen LogP contribution is 2.36. The summed E-state index contributed by atoms with van der Waals surface area (Å²) in [6, 6.07) is 12.6. The molecule has 0 spiro atoms. The number of anilines is 1. The number of halogens is 1. The zero-order chi connectivity index (χ0) is 31.0. The van der Waals surface area contributed by atoms with Crippen LogP contribution in [0.15, 0.2) is 69.6 Å². The van der Waals surface area contributed by atoms with Crippen molar-refractivity contribution in [3.63, 3.8) is 0 Å². The fourth-order valence-corrected chi connectivity index (χ4v) is 6.37. The normalized spacial score (nSPS) is 18.9. The number of ether oxygens (including phenoxy) is 2. The maximum atomic E-state index is 14.1. The van der Waals surface area contributed by atoms with Gasteiger partial charge in [-0.1, -0.05) is 41.1 Å². The molecule has 43 heavy (non-hydrogen) atoms. The van der Waals surface area contributed by atoms with Crippen LogP contribution < -0.4 is 29.8 Å². The third-order valence-electron chi connectivity index (χ3n) is 6.70. The summed E-state index contributed by atoms with van der Waals surface area (Å²) in [7, 11) is 0. The number of aromatic nitrogens is 1. The highest BCUT2D eigenvalue weighted by molar-refractivity contribution is 7.80. The van der Waals surface area contributed by atoms with Crippen molar-refractivity contribution < 1.29 is 23.9 Å². The van der Waals surface area contributed by atoms with E-state index >= 15 is 0 Å². The second-order valence-corrected chi connectivity index (χ2v) is 11.8. The Bertz CT molecular complexity index is 1860. The molecule has 1 saturated heterocycles. The zero-order valence-electron chi connectivity index (χ0n) is 23.6. The number of hydrogen-bond acceptors (Lipinski definition) is 9. The Labute approximate surface area is 260 Å². The lowest BCUT2D eigenvalue weighted by Crippen LogP contribution is -2.58. The second kappa shape index (κ2) is 12.2. The summed E-state index contributed by atoms with van der Waals surface area (Å²) in [6.45, 7) is 7.24. The summed E-state index contributed by atoms with van der Waals surface area (Å²) in [4.78, 5) is 60.0. The first-order valence-corrected chi connectivity index (χ1v) is 15.0. The maximum absolute atomic E-state index is 14.1. The second-order valence-electron chi connectivity index (χ2n) is 9.95. The van der Waals surface area contributed by atoms with Gasteiger partial charge in [-0.2, -0.15) is 0 Å². The molecule has 0 radical (unpaired) electrons. The molecule has 2 atom stereocenters. The summed E-state index contributed by atoms with van der Waals surface area (Å²) in [5.41, 5.74) is 1.00. The number of carbonyl (C=O) groups is 3. The van der Waals surface area contributed by atoms with Crippen LogP contribution in [0.1, 0.15) is 39.3 Å². The number of esters is 1. The van der Waals surface area contributed by atoms with Gasteiger partial charge >= 0.3 is 5.97 Å². The Morgan fingerprint density at radius 1 is 1.16 bits per heavy atom. The van der Waals surface area contributed by atoms with E-state index in [9.17, 15) is 19.2 Å². The Kier molecular flexibility index (Phi) is 8.63. The molecule has 3 aromatic rings. The molecule has 0 saturated carbocycles. The lowest BCUT2D eigenvalue weighted by atomic mass is 9.95. The van der Waals surface area contributed by atoms with Crippen LogP contribution in [-0.4, -0.2) is 40.2 Å². The first kappa shape index (κ1) is 30.3. The van der Waals surface area contributed by atoms with E-state index in [0.29, 0.717) is 32.5 Å². The number of rotatable bonds is 7. The number of benzene rings is 2. The number of fused-ring (bicyclic) bond motifs is 1. The molecule has 2 amide bonds. The number of nitrogens with one attached hydrogen (secondary N) is 1. The zero-order valence-corrected chi connectivity index (χ0v) is 26.0. The molecular weight excluding hydrogens is 612 g/mol. The van der Waals surface area contributed by atoms with Gasteiger partial charge in [0.15, 0.2) is 9.91 Å². The molecule has 1 fully saturated rings. The number of carbonyl (C=O) groups excluding carboxylic acids is 3. The first-order valence-electron chi connectivity index (χ1n) is 13.4. The van der Waals surface area contributed by atoms with Crippen LogP contribution in [0.4, 0.5) is 5.69 Å². The Morgan fingerprint density at radius 3 is 2.53 bits per heavy atom. The number of para-hydroxylation sites is 1. The summed E-state index contributed by atoms with van der Waals surface area (Å²) < 4.78 is 12.9. The molecule has 1 N–H and O–H groups in total. The molecule has 1 aromatic heterocycles. The van der Waals surface area contributed by atoms with E-state index in [1.807, 2.05) is 13.8 Å². The van der Waals surface area contributed by atoms with E-state index in [2.05, 4.69) is 10.3 Å². The summed E-state index contributed by atoms with van der Waals surface area (Å²) >= 11 is 12.3. The highest BCUT2D eigenvalue weighted by Gasteiger charge is 2.39. The largest absolute Gasteiger partial charge is 0.491 e. The van der Waals surface area contributed by atoms with Crippen molar-refractivity contribution in [2.24, 2.45) is 10.9 Å². The van der Waals surface area contributed by atoms with Crippen LogP contribution >= 0.6 is 35.2 Å². The molecular formula is C30H27ClN4O6S2. The molecule has 0 bridgehead atoms. The molecule has 0 unspecified atom stereocenters. The topological polar surface area (TPSA) is 119 Å². The van der Waals surface area contributed by atoms with Gasteiger partial charge in [-0.25, -0.2) is 9.79 Å². The molecule has 10 nitrogen and oxygen atoms in total. The van der Waals surface area contributed by atoms with E-state index in [-0.39, 0.29) is 27.9 Å². The van der Waals surface area contributed by atoms with Gasteiger partial charge in [0.2, 0.25) is 11.8 Å². The fraction of sp³-hybridized carbons (Fsp3) is 0.267. The molecule has 13 heteroatoms. The highest BCUT2D eigenvalue weighted by atomic mass is 35.5. The Balaban J connectivity index is 1.67. The quantitative estimate of drug-likeness (QED) is 0.240. The molecule has 2 aromatic carbocycles. The number of thiocarbonyl (C=S) groups is 1. The predicted molar refractivity (Wildman–Crippen MR) is 167 cm³/mol. The van der Waals surface area contributed by atoms with Gasteiger partial charge < -0.3 is 14.8 Å². The van der Waals surface area contributed by atoms with Gasteiger partial charge in [-0.05, 0) is 76.3 Å². The average molecular weight is 639 g/mol. The van der Waals surface area contributed by atoms with Crippen LogP contribution in [-0.2, 0) is 19.1 Å². The van der Waals surface area contributed by atoms with Crippen LogP contribution in [0.5, 0.6) is 5.75 Å². The lowest BCUT2D eigenvalue weighted by Gasteiger charge is -2.31. The minimum Gasteiger partial charge on any atom is -0.491 e. The van der Waals surface area contributed by atoms with Gasteiger partial charge in [0.1, 0.15) is 17.7 Å². The first-order chi connectivity index (χ1) is 20.5. The summed E-state index contributed by atoms with van der Waals surface area (Å²) in [5, 5.41) is 2.93. The summed E-state index contributed by atoms with van der Waals surface area (Å²) in [6.07, 6.45) is 1.13. The Morgan fingerprint density at radius 2 is 1.86 bits per heavy atom. The monoisotopic (exact) mass is 638 g/mol. The van der Waals surface area contributed by atoms with Gasteiger partial charge in [0, 0.05) is 10.6 Å². The van der Waals surface area contributed by atoms with Crippen molar-refractivity contribution in [1.82, 2.24) is 9.88 Å². The number of hydrogen-bond donors (Lipinski definition) is 1. The average Bonchev–Trinajstić information content (AvgIpc) is 3.25. The van der Waals surface area contributed by atoms with E-state index in [4.69, 9.17) is 33.3 Å². The molecule has 3 heterocycles. The summed E-state index contributed by atoms with van der Waals surface area (Å²) in [5.74, 6) is -2.78. The van der Waals surface area contributed by atoms with Crippen LogP contribution in [0, 0.1) is 5.92 Å².